The van der Waals surface area contributed by atoms with Crippen LogP contribution in [0.2, 0.25) is 0 Å². The second-order valence-electron chi connectivity index (χ2n) is 8.04. The number of benzene rings is 3. The van der Waals surface area contributed by atoms with Crippen LogP contribution in [0.1, 0.15) is 12.8 Å². The minimum atomic E-state index is -0.384. The molecule has 0 radical (unpaired) electrons. The van der Waals surface area contributed by atoms with Gasteiger partial charge in [-0.2, -0.15) is 0 Å². The summed E-state index contributed by atoms with van der Waals surface area (Å²) in [5.41, 5.74) is 4.22. The van der Waals surface area contributed by atoms with Crippen LogP contribution >= 0.6 is 0 Å². The molecule has 1 aliphatic rings. The van der Waals surface area contributed by atoms with Crippen LogP contribution < -0.4 is 15.3 Å². The van der Waals surface area contributed by atoms with Crippen LogP contribution in [0.4, 0.5) is 5.69 Å². The minimum absolute atomic E-state index is 0.384. The van der Waals surface area contributed by atoms with Gasteiger partial charge in [0.25, 0.3) is 0 Å². The molecule has 1 saturated heterocycles. The van der Waals surface area contributed by atoms with Crippen LogP contribution in [0.25, 0.3) is 43.8 Å². The number of hydrogen-bond donors (Lipinski definition) is 0. The van der Waals surface area contributed by atoms with Crippen LogP contribution in [0, 0.1) is 0 Å². The van der Waals surface area contributed by atoms with Crippen molar-refractivity contribution in [1.82, 2.24) is 0 Å². The molecule has 0 amide bonds. The number of rotatable bonds is 3. The lowest BCUT2D eigenvalue weighted by atomic mass is 10.0. The van der Waals surface area contributed by atoms with E-state index in [1.807, 2.05) is 12.1 Å². The van der Waals surface area contributed by atoms with Gasteiger partial charge in [-0.05, 0) is 54.8 Å². The number of furan rings is 1. The fraction of sp³-hybridized carbons (Fsp3) is 0.192. The topological polar surface area (TPSA) is 55.8 Å². The predicted molar refractivity (Wildman–Crippen MR) is 123 cm³/mol. The highest BCUT2D eigenvalue weighted by Crippen LogP contribution is 2.36. The van der Waals surface area contributed by atoms with Crippen molar-refractivity contribution < 1.29 is 13.6 Å². The number of nitrogens with zero attached hydrogens (tertiary/aromatic N) is 1. The average molecular weight is 411 g/mol. The second kappa shape index (κ2) is 6.91. The zero-order valence-electron chi connectivity index (χ0n) is 17.2. The van der Waals surface area contributed by atoms with Crippen LogP contribution in [0.3, 0.4) is 0 Å². The molecule has 0 aliphatic carbocycles. The van der Waals surface area contributed by atoms with Gasteiger partial charge >= 0.3 is 5.63 Å². The van der Waals surface area contributed by atoms with Crippen LogP contribution in [-0.4, -0.2) is 20.2 Å². The first-order chi connectivity index (χ1) is 15.2. The highest BCUT2D eigenvalue weighted by Gasteiger charge is 2.16. The second-order valence-corrected chi connectivity index (χ2v) is 8.04. The van der Waals surface area contributed by atoms with Crippen molar-refractivity contribution in [2.75, 3.05) is 25.1 Å². The molecular formula is C26H21NO4. The third-order valence-corrected chi connectivity index (χ3v) is 6.26. The first kappa shape index (κ1) is 18.1. The molecule has 1 fully saturated rings. The van der Waals surface area contributed by atoms with Crippen molar-refractivity contribution in [3.8, 4) is 16.9 Å². The Balaban J connectivity index is 1.52. The number of methoxy groups -OCH3 is 1. The predicted octanol–water partition coefficient (Wildman–Crippen LogP) is 5.97. The Morgan fingerprint density at radius 3 is 2.42 bits per heavy atom. The summed E-state index contributed by atoms with van der Waals surface area (Å²) in [4.78, 5) is 14.9. The Morgan fingerprint density at radius 2 is 1.65 bits per heavy atom. The molecule has 0 spiro atoms. The van der Waals surface area contributed by atoms with E-state index in [0.717, 1.165) is 40.4 Å². The van der Waals surface area contributed by atoms with Crippen molar-refractivity contribution >= 4 is 38.4 Å². The fourth-order valence-corrected chi connectivity index (χ4v) is 4.61. The molecule has 0 unspecified atom stereocenters. The van der Waals surface area contributed by atoms with Crippen LogP contribution in [0.15, 0.2) is 74.5 Å². The van der Waals surface area contributed by atoms with E-state index in [9.17, 15) is 4.79 Å². The number of ether oxygens (including phenoxy) is 1. The third-order valence-electron chi connectivity index (χ3n) is 6.26. The molecule has 31 heavy (non-hydrogen) atoms. The lowest BCUT2D eigenvalue weighted by Gasteiger charge is -2.17. The van der Waals surface area contributed by atoms with E-state index >= 15 is 0 Å². The summed E-state index contributed by atoms with van der Waals surface area (Å²) in [5.74, 6) is 0.627. The molecule has 6 rings (SSSR count). The van der Waals surface area contributed by atoms with Gasteiger partial charge in [-0.25, -0.2) is 4.79 Å². The summed E-state index contributed by atoms with van der Waals surface area (Å²) in [6, 6.07) is 18.0. The Hall–Kier alpha value is -3.73. The molecule has 1 aliphatic heterocycles. The molecule has 5 nitrogen and oxygen atoms in total. The maximum absolute atomic E-state index is 12.5. The van der Waals surface area contributed by atoms with Gasteiger partial charge in [0.1, 0.15) is 16.9 Å². The normalized spacial score (nSPS) is 14.2. The van der Waals surface area contributed by atoms with Gasteiger partial charge in [0, 0.05) is 46.6 Å². The van der Waals surface area contributed by atoms with Gasteiger partial charge in [0.05, 0.1) is 18.8 Å². The lowest BCUT2D eigenvalue weighted by molar-refractivity contribution is 0.415. The van der Waals surface area contributed by atoms with E-state index in [0.29, 0.717) is 22.3 Å². The maximum atomic E-state index is 12.5. The van der Waals surface area contributed by atoms with Crippen molar-refractivity contribution in [2.45, 2.75) is 12.8 Å². The molecule has 2 aromatic heterocycles. The van der Waals surface area contributed by atoms with Crippen molar-refractivity contribution in [2.24, 2.45) is 0 Å². The first-order valence-electron chi connectivity index (χ1n) is 10.5. The van der Waals surface area contributed by atoms with Gasteiger partial charge in [-0.3, -0.25) is 0 Å². The van der Waals surface area contributed by atoms with E-state index in [1.54, 1.807) is 25.5 Å². The maximum Gasteiger partial charge on any atom is 0.344 e. The van der Waals surface area contributed by atoms with Gasteiger partial charge in [0.2, 0.25) is 0 Å². The highest BCUT2D eigenvalue weighted by molar-refractivity contribution is 6.11. The van der Waals surface area contributed by atoms with E-state index < -0.39 is 0 Å². The van der Waals surface area contributed by atoms with Crippen LogP contribution in [0.5, 0.6) is 5.75 Å². The SMILES string of the molecule is COc1ccc2c(c1)c(=O)oc1cc3occ(-c4ccc(N5CCCC5)cc4)c3cc12. The summed E-state index contributed by atoms with van der Waals surface area (Å²) < 4.78 is 16.7. The number of fused-ring (bicyclic) bond motifs is 4. The van der Waals surface area contributed by atoms with Crippen molar-refractivity contribution in [1.29, 1.82) is 0 Å². The smallest absolute Gasteiger partial charge is 0.344 e. The Labute approximate surface area is 178 Å². The Bertz CT molecular complexity index is 1490. The molecule has 5 aromatic rings. The molecule has 0 bridgehead atoms. The summed E-state index contributed by atoms with van der Waals surface area (Å²) in [7, 11) is 1.58. The molecule has 3 aromatic carbocycles. The molecule has 5 heteroatoms. The number of hydrogen-bond acceptors (Lipinski definition) is 5. The molecule has 0 saturated carbocycles. The third kappa shape index (κ3) is 2.88. The molecule has 0 N–H and O–H groups in total. The fourth-order valence-electron chi connectivity index (χ4n) is 4.61. The largest absolute Gasteiger partial charge is 0.497 e. The molecule has 0 atom stereocenters. The molecular weight excluding hydrogens is 390 g/mol. The van der Waals surface area contributed by atoms with Crippen LogP contribution in [-0.2, 0) is 0 Å². The first-order valence-corrected chi connectivity index (χ1v) is 10.5. The standard InChI is InChI=1S/C26H21NO4/c1-29-18-8-9-19-20-13-21-23(16-4-6-17(7-5-16)27-10-2-3-11-27)15-30-24(21)14-25(20)31-26(28)22(19)12-18/h4-9,12-15H,2-3,10-11H2,1H3. The van der Waals surface area contributed by atoms with Crippen molar-refractivity contribution in [3.05, 3.63) is 71.3 Å². The van der Waals surface area contributed by atoms with Gasteiger partial charge in [-0.15, -0.1) is 0 Å². The van der Waals surface area contributed by atoms with Crippen molar-refractivity contribution in [3.63, 3.8) is 0 Å². The minimum Gasteiger partial charge on any atom is -0.497 e. The summed E-state index contributed by atoms with van der Waals surface area (Å²) in [6.07, 6.45) is 4.30. The van der Waals surface area contributed by atoms with Gasteiger partial charge in [0.15, 0.2) is 0 Å². The average Bonchev–Trinajstić information content (AvgIpc) is 3.48. The Kier molecular flexibility index (Phi) is 4.03. The van der Waals surface area contributed by atoms with E-state index in [-0.39, 0.29) is 5.63 Å². The summed E-state index contributed by atoms with van der Waals surface area (Å²) in [5, 5.41) is 3.21. The summed E-state index contributed by atoms with van der Waals surface area (Å²) >= 11 is 0. The molecule has 154 valence electrons. The van der Waals surface area contributed by atoms with E-state index in [1.165, 1.54) is 18.5 Å². The van der Waals surface area contributed by atoms with Gasteiger partial charge < -0.3 is 18.5 Å². The molecule has 3 heterocycles. The quantitative estimate of drug-likeness (QED) is 0.270. The highest BCUT2D eigenvalue weighted by atomic mass is 16.5. The Morgan fingerprint density at radius 1 is 0.839 bits per heavy atom. The number of anilines is 1. The lowest BCUT2D eigenvalue weighted by Crippen LogP contribution is -2.17. The zero-order valence-corrected chi connectivity index (χ0v) is 17.2. The summed E-state index contributed by atoms with van der Waals surface area (Å²) in [6.45, 7) is 2.26. The van der Waals surface area contributed by atoms with E-state index in [4.69, 9.17) is 13.6 Å². The van der Waals surface area contributed by atoms with Gasteiger partial charge in [-0.1, -0.05) is 12.1 Å². The van der Waals surface area contributed by atoms with E-state index in [2.05, 4.69) is 35.2 Å². The monoisotopic (exact) mass is 411 g/mol. The zero-order chi connectivity index (χ0) is 20.9.